The van der Waals surface area contributed by atoms with Crippen LogP contribution in [0.2, 0.25) is 4.20 Å². The van der Waals surface area contributed by atoms with Crippen LogP contribution in [0.5, 0.6) is 0 Å². The summed E-state index contributed by atoms with van der Waals surface area (Å²) in [7, 11) is 0. The largest absolute Gasteiger partial charge is 0.147 e. The first kappa shape index (κ1) is 15.7. The molecule has 0 spiro atoms. The fourth-order valence-electron chi connectivity index (χ4n) is 0. The first-order chi connectivity index (χ1) is 2.00. The fourth-order valence-corrected chi connectivity index (χ4v) is 0. The van der Waals surface area contributed by atoms with Gasteiger partial charge in [0, 0.05) is 0 Å². The van der Waals surface area contributed by atoms with Gasteiger partial charge in [-0.05, 0) is 0 Å². The van der Waals surface area contributed by atoms with Crippen LogP contribution in [0.4, 0.5) is 0 Å². The molecule has 0 aliphatic heterocycles. The fraction of sp³-hybridized carbons (Fsp3) is 1.00. The molecule has 46 valence electrons. The molecule has 0 saturated heterocycles. The van der Waals surface area contributed by atoms with Gasteiger partial charge in [0.05, 0.1) is 0 Å². The van der Waals surface area contributed by atoms with Gasteiger partial charge in [0.15, 0.2) is 0 Å². The number of rotatable bonds is 0. The average Bonchev–Trinajstić information content (AvgIpc) is 0.722. The van der Waals surface area contributed by atoms with E-state index >= 15 is 0 Å². The molecule has 0 nitrogen and oxygen atoms in total. The quantitative estimate of drug-likeness (QED) is 0.532. The third-order valence-electron chi connectivity index (χ3n) is 0. The van der Waals surface area contributed by atoms with Crippen molar-refractivity contribution in [2.45, 2.75) is 25.0 Å². The molecule has 0 aromatic carbocycles. The Morgan fingerprint density at radius 2 is 1.00 bits per heavy atom. The standard InChI is InChI=1S/C4H9As.2ClH/c1-4(2,3)5;;/h1-3H3;2*1H. The van der Waals surface area contributed by atoms with Gasteiger partial charge in [-0.3, -0.25) is 0 Å². The molecule has 7 heavy (non-hydrogen) atoms. The second-order valence-electron chi connectivity index (χ2n) is 2.17. The zero-order chi connectivity index (χ0) is 4.50. The summed E-state index contributed by atoms with van der Waals surface area (Å²) in [5.74, 6) is 0. The van der Waals surface area contributed by atoms with Crippen molar-refractivity contribution in [1.29, 1.82) is 0 Å². The maximum atomic E-state index is 2.58. The molecule has 0 atom stereocenters. The SMILES string of the molecule is CC(C)(C)[As].Cl.Cl. The van der Waals surface area contributed by atoms with Crippen LogP contribution in [0, 0.1) is 0 Å². The van der Waals surface area contributed by atoms with Gasteiger partial charge in [-0.2, -0.15) is 0 Å². The van der Waals surface area contributed by atoms with Gasteiger partial charge in [-0.15, -0.1) is 24.8 Å². The van der Waals surface area contributed by atoms with Crippen molar-refractivity contribution in [1.82, 2.24) is 0 Å². The van der Waals surface area contributed by atoms with Crippen molar-refractivity contribution in [3.63, 3.8) is 0 Å². The first-order valence-electron chi connectivity index (χ1n) is 1.72. The van der Waals surface area contributed by atoms with Crippen LogP contribution in [0.25, 0.3) is 0 Å². The van der Waals surface area contributed by atoms with E-state index in [1.165, 1.54) is 0 Å². The molecule has 0 aliphatic carbocycles. The Bertz CT molecular complexity index is 25.2. The van der Waals surface area contributed by atoms with Crippen molar-refractivity contribution in [2.24, 2.45) is 0 Å². The summed E-state index contributed by atoms with van der Waals surface area (Å²) < 4.78 is 0.438. The van der Waals surface area contributed by atoms with Gasteiger partial charge in [0.2, 0.25) is 0 Å². The van der Waals surface area contributed by atoms with Crippen LogP contribution in [0.1, 0.15) is 20.8 Å². The van der Waals surface area contributed by atoms with Crippen LogP contribution in [0.3, 0.4) is 0 Å². The van der Waals surface area contributed by atoms with Gasteiger partial charge >= 0.3 is 41.8 Å². The summed E-state index contributed by atoms with van der Waals surface area (Å²) in [6, 6.07) is 0. The first-order valence-corrected chi connectivity index (χ1v) is 2.66. The van der Waals surface area contributed by atoms with E-state index in [0.29, 0.717) is 4.20 Å². The third-order valence-corrected chi connectivity index (χ3v) is 0. The Balaban J connectivity index is -0.0000000800. The predicted molar refractivity (Wildman–Crippen MR) is 40.0 cm³/mol. The van der Waals surface area contributed by atoms with E-state index in [9.17, 15) is 0 Å². The molecule has 0 aliphatic rings. The van der Waals surface area contributed by atoms with E-state index in [2.05, 4.69) is 37.6 Å². The zero-order valence-electron chi connectivity index (χ0n) is 4.76. The van der Waals surface area contributed by atoms with Crippen LogP contribution in [-0.2, 0) is 0 Å². The summed E-state index contributed by atoms with van der Waals surface area (Å²) in [5, 5.41) is 0. The molecule has 0 saturated carbocycles. The predicted octanol–water partition coefficient (Wildman–Crippen LogP) is 2.22. The molecular weight excluding hydrogens is 194 g/mol. The van der Waals surface area contributed by atoms with Crippen molar-refractivity contribution in [3.05, 3.63) is 0 Å². The molecule has 0 aromatic rings. The smallest absolute Gasteiger partial charge is 0.147 e. The minimum atomic E-state index is 0. The summed E-state index contributed by atoms with van der Waals surface area (Å²) in [5.41, 5.74) is 0. The summed E-state index contributed by atoms with van der Waals surface area (Å²) in [6.45, 7) is 6.48. The molecule has 2 radical (unpaired) electrons. The van der Waals surface area contributed by atoms with E-state index in [1.807, 2.05) is 0 Å². The molecule has 0 unspecified atom stereocenters. The molecule has 0 heterocycles. The average molecular weight is 205 g/mol. The van der Waals surface area contributed by atoms with Gasteiger partial charge in [0.25, 0.3) is 0 Å². The molecule has 0 aromatic heterocycles. The van der Waals surface area contributed by atoms with E-state index < -0.39 is 0 Å². The van der Waals surface area contributed by atoms with Crippen molar-refractivity contribution >= 4 is 41.7 Å². The Labute approximate surface area is 66.8 Å². The molecule has 0 amide bonds. The third kappa shape index (κ3) is 145. The van der Waals surface area contributed by atoms with Crippen molar-refractivity contribution in [3.8, 4) is 0 Å². The maximum Gasteiger partial charge on any atom is -0.147 e. The van der Waals surface area contributed by atoms with Crippen LogP contribution in [0.15, 0.2) is 0 Å². The van der Waals surface area contributed by atoms with Crippen LogP contribution < -0.4 is 0 Å². The van der Waals surface area contributed by atoms with Crippen LogP contribution in [-0.4, -0.2) is 16.9 Å². The van der Waals surface area contributed by atoms with Gasteiger partial charge in [0.1, 0.15) is 0 Å². The summed E-state index contributed by atoms with van der Waals surface area (Å²) in [6.07, 6.45) is 0. The molecular formula is C4H11AsCl2. The topological polar surface area (TPSA) is 0 Å². The van der Waals surface area contributed by atoms with Gasteiger partial charge < -0.3 is 0 Å². The van der Waals surface area contributed by atoms with Gasteiger partial charge in [-0.25, -0.2) is 0 Å². The van der Waals surface area contributed by atoms with Crippen molar-refractivity contribution < 1.29 is 0 Å². The minimum Gasteiger partial charge on any atom is -0.147 e. The molecule has 0 rings (SSSR count). The Morgan fingerprint density at radius 1 is 1.00 bits per heavy atom. The summed E-state index contributed by atoms with van der Waals surface area (Å²) in [4.78, 5) is 0. The van der Waals surface area contributed by atoms with Crippen molar-refractivity contribution in [2.75, 3.05) is 0 Å². The van der Waals surface area contributed by atoms with E-state index in [1.54, 1.807) is 0 Å². The molecule has 0 fully saturated rings. The Kier molecular flexibility index (Phi) is 11.8. The minimum absolute atomic E-state index is 0. The van der Waals surface area contributed by atoms with E-state index in [0.717, 1.165) is 0 Å². The zero-order valence-corrected chi connectivity index (χ0v) is 8.27. The Hall–Kier alpha value is 1.14. The molecule has 0 bridgehead atoms. The normalized spacial score (nSPS) is 8.57. The van der Waals surface area contributed by atoms with Gasteiger partial charge in [-0.1, -0.05) is 0 Å². The number of halogens is 2. The van der Waals surface area contributed by atoms with E-state index in [4.69, 9.17) is 0 Å². The Morgan fingerprint density at radius 3 is 1.00 bits per heavy atom. The second kappa shape index (κ2) is 5.28. The van der Waals surface area contributed by atoms with Crippen LogP contribution >= 0.6 is 24.8 Å². The monoisotopic (exact) mass is 204 g/mol. The maximum absolute atomic E-state index is 2.58. The summed E-state index contributed by atoms with van der Waals surface area (Å²) >= 11 is 2.58. The molecule has 0 N–H and O–H groups in total. The van der Waals surface area contributed by atoms with E-state index in [-0.39, 0.29) is 24.8 Å². The second-order valence-corrected chi connectivity index (χ2v) is 4.99. The number of hydrogen-bond donors (Lipinski definition) is 0. The number of hydrogen-bond acceptors (Lipinski definition) is 0. The molecule has 3 heteroatoms.